The number of hydrogen-bond acceptors (Lipinski definition) is 5. The highest BCUT2D eigenvalue weighted by molar-refractivity contribution is 7.99. The molecule has 1 N–H and O–H groups in total. The van der Waals surface area contributed by atoms with Gasteiger partial charge in [0.2, 0.25) is 5.91 Å². The van der Waals surface area contributed by atoms with Crippen molar-refractivity contribution in [1.29, 1.82) is 0 Å². The van der Waals surface area contributed by atoms with Crippen LogP contribution in [-0.4, -0.2) is 36.0 Å². The first kappa shape index (κ1) is 17.2. The molecule has 130 valence electrons. The Kier molecular flexibility index (Phi) is 5.18. The Morgan fingerprint density at radius 2 is 2.00 bits per heavy atom. The molecule has 0 aliphatic rings. The van der Waals surface area contributed by atoms with Crippen LogP contribution < -0.4 is 5.32 Å². The van der Waals surface area contributed by atoms with E-state index in [2.05, 4.69) is 20.5 Å². The van der Waals surface area contributed by atoms with Crippen LogP contribution in [0.2, 0.25) is 0 Å². The fourth-order valence-electron chi connectivity index (χ4n) is 2.36. The van der Waals surface area contributed by atoms with E-state index in [1.807, 2.05) is 60.5 Å². The van der Waals surface area contributed by atoms with E-state index < -0.39 is 0 Å². The van der Waals surface area contributed by atoms with Gasteiger partial charge in [-0.3, -0.25) is 4.79 Å². The smallest absolute Gasteiger partial charge is 0.234 e. The maximum atomic E-state index is 12.1. The molecule has 0 aliphatic carbocycles. The number of benzene rings is 1. The summed E-state index contributed by atoms with van der Waals surface area (Å²) in [5, 5.41) is 12.0. The molecule has 8 heteroatoms. The number of carbonyl (C=O) groups is 1. The molecule has 3 rings (SSSR count). The van der Waals surface area contributed by atoms with Gasteiger partial charge in [0.15, 0.2) is 11.0 Å². The van der Waals surface area contributed by atoms with E-state index in [1.165, 1.54) is 11.8 Å². The largest absolute Gasteiger partial charge is 0.340 e. The lowest BCUT2D eigenvalue weighted by Gasteiger charge is -2.07. The van der Waals surface area contributed by atoms with Gasteiger partial charge in [-0.05, 0) is 26.0 Å². The molecule has 0 spiro atoms. The number of aryl methyl sites for hydroxylation is 2. The Hall–Kier alpha value is -2.61. The topological polar surface area (TPSA) is 77.6 Å². The number of rotatable bonds is 6. The van der Waals surface area contributed by atoms with E-state index in [0.717, 1.165) is 16.9 Å². The van der Waals surface area contributed by atoms with Crippen molar-refractivity contribution in [3.8, 4) is 11.5 Å². The first-order valence-electron chi connectivity index (χ1n) is 7.97. The highest BCUT2D eigenvalue weighted by atomic mass is 32.2. The zero-order chi connectivity index (χ0) is 17.8. The molecule has 2 aromatic heterocycles. The third-order valence-electron chi connectivity index (χ3n) is 3.63. The summed E-state index contributed by atoms with van der Waals surface area (Å²) >= 11 is 1.37. The average molecular weight is 356 g/mol. The lowest BCUT2D eigenvalue weighted by Crippen LogP contribution is -2.14. The SMILES string of the molecule is CCn1c(SCC(=O)Nc2ccc(C)cc2)nnc1-c1cn(C)cn1. The van der Waals surface area contributed by atoms with Crippen LogP contribution in [0.15, 0.2) is 41.9 Å². The summed E-state index contributed by atoms with van der Waals surface area (Å²) in [5.41, 5.74) is 2.72. The summed E-state index contributed by atoms with van der Waals surface area (Å²) in [5.74, 6) is 0.914. The number of thioether (sulfide) groups is 1. The van der Waals surface area contributed by atoms with Gasteiger partial charge in [-0.1, -0.05) is 29.5 Å². The van der Waals surface area contributed by atoms with E-state index in [-0.39, 0.29) is 11.7 Å². The van der Waals surface area contributed by atoms with Crippen LogP contribution in [0.3, 0.4) is 0 Å². The molecule has 0 bridgehead atoms. The van der Waals surface area contributed by atoms with Gasteiger partial charge in [0.1, 0.15) is 5.69 Å². The summed E-state index contributed by atoms with van der Waals surface area (Å²) in [6, 6.07) is 7.72. The molecule has 0 aliphatic heterocycles. The number of hydrogen-bond donors (Lipinski definition) is 1. The molecule has 0 atom stereocenters. The number of aromatic nitrogens is 5. The van der Waals surface area contributed by atoms with Gasteiger partial charge in [-0.2, -0.15) is 0 Å². The predicted molar refractivity (Wildman–Crippen MR) is 98.4 cm³/mol. The van der Waals surface area contributed by atoms with Crippen molar-refractivity contribution < 1.29 is 4.79 Å². The summed E-state index contributed by atoms with van der Waals surface area (Å²) < 4.78 is 3.83. The summed E-state index contributed by atoms with van der Waals surface area (Å²) in [7, 11) is 1.91. The van der Waals surface area contributed by atoms with E-state index in [4.69, 9.17) is 0 Å². The van der Waals surface area contributed by atoms with Gasteiger partial charge < -0.3 is 14.5 Å². The quantitative estimate of drug-likeness (QED) is 0.687. The number of amides is 1. The minimum atomic E-state index is -0.0705. The minimum absolute atomic E-state index is 0.0705. The molecular weight excluding hydrogens is 336 g/mol. The zero-order valence-corrected chi connectivity index (χ0v) is 15.2. The monoisotopic (exact) mass is 356 g/mol. The molecule has 25 heavy (non-hydrogen) atoms. The zero-order valence-electron chi connectivity index (χ0n) is 14.4. The van der Waals surface area contributed by atoms with Crippen molar-refractivity contribution in [2.24, 2.45) is 7.05 Å². The van der Waals surface area contributed by atoms with Crippen molar-refractivity contribution in [1.82, 2.24) is 24.3 Å². The summed E-state index contributed by atoms with van der Waals surface area (Å²) in [6.45, 7) is 4.74. The Bertz CT molecular complexity index is 868. The van der Waals surface area contributed by atoms with Gasteiger partial charge in [-0.15, -0.1) is 10.2 Å². The third-order valence-corrected chi connectivity index (χ3v) is 4.60. The Labute approximate surface area is 150 Å². The van der Waals surface area contributed by atoms with Crippen molar-refractivity contribution in [3.05, 3.63) is 42.4 Å². The summed E-state index contributed by atoms with van der Waals surface area (Å²) in [4.78, 5) is 16.5. The fraction of sp³-hybridized carbons (Fsp3) is 0.294. The molecule has 1 amide bonds. The second-order valence-corrected chi connectivity index (χ2v) is 6.62. The van der Waals surface area contributed by atoms with Crippen molar-refractivity contribution in [2.45, 2.75) is 25.5 Å². The molecule has 7 nitrogen and oxygen atoms in total. The van der Waals surface area contributed by atoms with Gasteiger partial charge in [0.05, 0.1) is 12.1 Å². The second kappa shape index (κ2) is 7.52. The van der Waals surface area contributed by atoms with Gasteiger partial charge >= 0.3 is 0 Å². The predicted octanol–water partition coefficient (Wildman–Crippen LogP) is 2.74. The van der Waals surface area contributed by atoms with E-state index >= 15 is 0 Å². The highest BCUT2D eigenvalue weighted by Crippen LogP contribution is 2.23. The van der Waals surface area contributed by atoms with E-state index in [9.17, 15) is 4.79 Å². The van der Waals surface area contributed by atoms with Crippen LogP contribution in [0, 0.1) is 6.92 Å². The first-order chi connectivity index (χ1) is 12.1. The van der Waals surface area contributed by atoms with Crippen LogP contribution >= 0.6 is 11.8 Å². The van der Waals surface area contributed by atoms with Crippen LogP contribution in [0.1, 0.15) is 12.5 Å². The molecule has 0 fully saturated rings. The normalized spacial score (nSPS) is 10.8. The standard InChI is InChI=1S/C17H20N6OS/c1-4-23-16(14-9-22(3)11-18-14)20-21-17(23)25-10-15(24)19-13-7-5-12(2)6-8-13/h5-9,11H,4,10H2,1-3H3,(H,19,24). The van der Waals surface area contributed by atoms with Crippen LogP contribution in [0.25, 0.3) is 11.5 Å². The molecular formula is C17H20N6OS. The van der Waals surface area contributed by atoms with Crippen molar-refractivity contribution in [2.75, 3.05) is 11.1 Å². The number of nitrogens with zero attached hydrogens (tertiary/aromatic N) is 5. The number of nitrogens with one attached hydrogen (secondary N) is 1. The first-order valence-corrected chi connectivity index (χ1v) is 8.96. The van der Waals surface area contributed by atoms with E-state index in [1.54, 1.807) is 6.33 Å². The molecule has 0 saturated carbocycles. The molecule has 0 radical (unpaired) electrons. The molecule has 3 aromatic rings. The number of carbonyl (C=O) groups excluding carboxylic acids is 1. The van der Waals surface area contributed by atoms with Crippen molar-refractivity contribution >= 4 is 23.4 Å². The van der Waals surface area contributed by atoms with Gasteiger partial charge in [-0.25, -0.2) is 4.98 Å². The Morgan fingerprint density at radius 3 is 2.64 bits per heavy atom. The lowest BCUT2D eigenvalue weighted by atomic mass is 10.2. The third kappa shape index (κ3) is 4.08. The number of imidazole rings is 1. The summed E-state index contributed by atoms with van der Waals surface area (Å²) in [6.07, 6.45) is 3.63. The van der Waals surface area contributed by atoms with Crippen LogP contribution in [0.4, 0.5) is 5.69 Å². The van der Waals surface area contributed by atoms with E-state index in [0.29, 0.717) is 17.5 Å². The van der Waals surface area contributed by atoms with Gasteiger partial charge in [0.25, 0.3) is 0 Å². The molecule has 2 heterocycles. The maximum Gasteiger partial charge on any atom is 0.234 e. The van der Waals surface area contributed by atoms with Crippen LogP contribution in [0.5, 0.6) is 0 Å². The molecule has 1 aromatic carbocycles. The van der Waals surface area contributed by atoms with Crippen molar-refractivity contribution in [3.63, 3.8) is 0 Å². The Balaban J connectivity index is 1.66. The minimum Gasteiger partial charge on any atom is -0.340 e. The lowest BCUT2D eigenvalue weighted by molar-refractivity contribution is -0.113. The molecule has 0 unspecified atom stereocenters. The fourth-order valence-corrected chi connectivity index (χ4v) is 3.16. The Morgan fingerprint density at radius 1 is 1.24 bits per heavy atom. The molecule has 0 saturated heterocycles. The second-order valence-electron chi connectivity index (χ2n) is 5.68. The highest BCUT2D eigenvalue weighted by Gasteiger charge is 2.16. The number of anilines is 1. The van der Waals surface area contributed by atoms with Crippen LogP contribution in [-0.2, 0) is 18.4 Å². The van der Waals surface area contributed by atoms with Gasteiger partial charge in [0, 0.05) is 25.5 Å². The maximum absolute atomic E-state index is 12.1. The average Bonchev–Trinajstić information content (AvgIpc) is 3.20.